The van der Waals surface area contributed by atoms with E-state index in [4.69, 9.17) is 4.74 Å². The summed E-state index contributed by atoms with van der Waals surface area (Å²) in [6.45, 7) is 8.07. The normalized spacial score (nSPS) is 19.8. The molecule has 0 unspecified atom stereocenters. The first-order valence-corrected chi connectivity index (χ1v) is 8.42. The van der Waals surface area contributed by atoms with Gasteiger partial charge in [-0.2, -0.15) is 0 Å². The Morgan fingerprint density at radius 2 is 1.72 bits per heavy atom. The molecule has 0 radical (unpaired) electrons. The maximum Gasteiger partial charge on any atom is 0.339 e. The molecule has 2 aromatic carbocycles. The number of nitrogens with one attached hydrogen (secondary N) is 1. The molecule has 0 spiro atoms. The Morgan fingerprint density at radius 1 is 1.08 bits per heavy atom. The van der Waals surface area contributed by atoms with E-state index in [0.29, 0.717) is 17.7 Å². The lowest BCUT2D eigenvalue weighted by Crippen LogP contribution is -2.48. The molecule has 0 saturated carbocycles. The Morgan fingerprint density at radius 3 is 2.36 bits per heavy atom. The zero-order valence-corrected chi connectivity index (χ0v) is 15.1. The molecular weight excluding hydrogens is 314 g/mol. The largest absolute Gasteiger partial charge is 0.445 e. The zero-order chi connectivity index (χ0) is 18.2. The summed E-state index contributed by atoms with van der Waals surface area (Å²) in [5.74, 6) is -0.776. The van der Waals surface area contributed by atoms with Crippen molar-refractivity contribution >= 4 is 17.6 Å². The molecule has 0 fully saturated rings. The fourth-order valence-corrected chi connectivity index (χ4v) is 2.98. The van der Waals surface area contributed by atoms with Crippen LogP contribution in [0.1, 0.15) is 49.2 Å². The number of fused-ring (bicyclic) bond motifs is 1. The molecule has 2 aromatic rings. The topological polar surface area (TPSA) is 55.4 Å². The van der Waals surface area contributed by atoms with Crippen LogP contribution in [0.2, 0.25) is 0 Å². The van der Waals surface area contributed by atoms with Crippen molar-refractivity contribution < 1.29 is 14.3 Å². The van der Waals surface area contributed by atoms with Gasteiger partial charge in [0.1, 0.15) is 0 Å². The summed E-state index contributed by atoms with van der Waals surface area (Å²) < 4.78 is 5.46. The summed E-state index contributed by atoms with van der Waals surface area (Å²) >= 11 is 0. The van der Waals surface area contributed by atoms with E-state index in [1.807, 2.05) is 36.4 Å². The number of carbonyl (C=O) groups is 2. The van der Waals surface area contributed by atoms with Crippen LogP contribution in [0.4, 0.5) is 5.69 Å². The van der Waals surface area contributed by atoms with Crippen LogP contribution in [0.25, 0.3) is 0 Å². The van der Waals surface area contributed by atoms with Crippen LogP contribution in [0.15, 0.2) is 48.5 Å². The Labute approximate surface area is 148 Å². The van der Waals surface area contributed by atoms with Gasteiger partial charge in [0.2, 0.25) is 0 Å². The molecule has 0 saturated heterocycles. The predicted octanol–water partition coefficient (Wildman–Crippen LogP) is 4.09. The van der Waals surface area contributed by atoms with Gasteiger partial charge in [0.25, 0.3) is 5.91 Å². The van der Waals surface area contributed by atoms with Crippen LogP contribution in [0.5, 0.6) is 0 Å². The van der Waals surface area contributed by atoms with Gasteiger partial charge in [0.05, 0.1) is 5.56 Å². The number of benzene rings is 2. The van der Waals surface area contributed by atoms with Gasteiger partial charge in [0, 0.05) is 12.1 Å². The van der Waals surface area contributed by atoms with Crippen LogP contribution in [-0.2, 0) is 21.4 Å². The van der Waals surface area contributed by atoms with Crippen molar-refractivity contribution in [3.8, 4) is 0 Å². The second-order valence-electron chi connectivity index (χ2n) is 7.74. The molecule has 1 N–H and O–H groups in total. The number of anilines is 1. The lowest BCUT2D eigenvalue weighted by molar-refractivity contribution is -0.134. The Bertz CT molecular complexity index is 818. The lowest BCUT2D eigenvalue weighted by Gasteiger charge is -2.33. The third kappa shape index (κ3) is 3.43. The zero-order valence-electron chi connectivity index (χ0n) is 15.1. The molecule has 1 atom stereocenters. The van der Waals surface area contributed by atoms with Gasteiger partial charge in [-0.1, -0.05) is 51.1 Å². The number of esters is 1. The second kappa shape index (κ2) is 6.03. The van der Waals surface area contributed by atoms with Gasteiger partial charge in [-0.25, -0.2) is 4.79 Å². The first kappa shape index (κ1) is 17.2. The summed E-state index contributed by atoms with van der Waals surface area (Å²) in [4.78, 5) is 24.9. The van der Waals surface area contributed by atoms with Gasteiger partial charge >= 0.3 is 5.97 Å². The molecule has 0 bridgehead atoms. The molecule has 4 heteroatoms. The molecule has 3 rings (SSSR count). The van der Waals surface area contributed by atoms with Gasteiger partial charge in [-0.15, -0.1) is 0 Å². The first-order valence-electron chi connectivity index (χ1n) is 8.42. The lowest BCUT2D eigenvalue weighted by atomic mass is 9.87. The number of hydrogen-bond acceptors (Lipinski definition) is 3. The SMILES string of the molecule is CC(C)(C)c1ccc(NC(=O)[C@]2(C)Cc3ccccc3C(=O)O2)cc1. The molecule has 130 valence electrons. The number of cyclic esters (lactones) is 1. The monoisotopic (exact) mass is 337 g/mol. The van der Waals surface area contributed by atoms with Crippen LogP contribution < -0.4 is 5.32 Å². The van der Waals surface area contributed by atoms with Crippen LogP contribution >= 0.6 is 0 Å². The van der Waals surface area contributed by atoms with E-state index < -0.39 is 11.6 Å². The van der Waals surface area contributed by atoms with E-state index in [9.17, 15) is 9.59 Å². The highest BCUT2D eigenvalue weighted by Crippen LogP contribution is 2.30. The van der Waals surface area contributed by atoms with Gasteiger partial charge in [0.15, 0.2) is 5.60 Å². The predicted molar refractivity (Wildman–Crippen MR) is 97.7 cm³/mol. The summed E-state index contributed by atoms with van der Waals surface area (Å²) in [5, 5.41) is 2.87. The molecular formula is C21H23NO3. The summed E-state index contributed by atoms with van der Waals surface area (Å²) in [5.41, 5.74) is 2.08. The fraction of sp³-hybridized carbons (Fsp3) is 0.333. The van der Waals surface area contributed by atoms with Crippen LogP contribution in [0, 0.1) is 0 Å². The minimum atomic E-state index is -1.21. The fourth-order valence-electron chi connectivity index (χ4n) is 2.98. The molecule has 1 amide bonds. The van der Waals surface area contributed by atoms with Gasteiger partial charge in [-0.3, -0.25) is 4.79 Å². The Hall–Kier alpha value is -2.62. The minimum Gasteiger partial charge on any atom is -0.445 e. The average molecular weight is 337 g/mol. The van der Waals surface area contributed by atoms with Crippen molar-refractivity contribution in [2.45, 2.75) is 45.1 Å². The summed E-state index contributed by atoms with van der Waals surface area (Å²) in [7, 11) is 0. The summed E-state index contributed by atoms with van der Waals surface area (Å²) in [6, 6.07) is 15.0. The molecule has 25 heavy (non-hydrogen) atoms. The van der Waals surface area contributed by atoms with E-state index in [1.165, 1.54) is 5.56 Å². The quantitative estimate of drug-likeness (QED) is 0.840. The Kier molecular flexibility index (Phi) is 4.15. The van der Waals surface area contributed by atoms with Crippen molar-refractivity contribution in [2.24, 2.45) is 0 Å². The Balaban J connectivity index is 1.78. The molecule has 1 aliphatic heterocycles. The number of carbonyl (C=O) groups excluding carboxylic acids is 2. The van der Waals surface area contributed by atoms with E-state index in [2.05, 4.69) is 26.1 Å². The van der Waals surface area contributed by atoms with Crippen molar-refractivity contribution in [1.29, 1.82) is 0 Å². The molecule has 0 aromatic heterocycles. The molecule has 4 nitrogen and oxygen atoms in total. The van der Waals surface area contributed by atoms with Crippen LogP contribution in [-0.4, -0.2) is 17.5 Å². The summed E-state index contributed by atoms with van der Waals surface area (Å²) in [6.07, 6.45) is 0.362. The highest BCUT2D eigenvalue weighted by molar-refractivity contribution is 6.02. The third-order valence-electron chi connectivity index (χ3n) is 4.57. The standard InChI is InChI=1S/C21H23NO3/c1-20(2,3)15-9-11-16(12-10-15)22-19(24)21(4)13-14-7-5-6-8-17(14)18(23)25-21/h5-12H,13H2,1-4H3,(H,22,24)/t21-/m0/s1. The van der Waals surface area contributed by atoms with E-state index >= 15 is 0 Å². The van der Waals surface area contributed by atoms with Crippen molar-refractivity contribution in [1.82, 2.24) is 0 Å². The van der Waals surface area contributed by atoms with E-state index in [1.54, 1.807) is 19.1 Å². The van der Waals surface area contributed by atoms with Crippen LogP contribution in [0.3, 0.4) is 0 Å². The molecule has 1 aliphatic rings. The molecule has 1 heterocycles. The smallest absolute Gasteiger partial charge is 0.339 e. The van der Waals surface area contributed by atoms with Crippen molar-refractivity contribution in [3.05, 3.63) is 65.2 Å². The number of amides is 1. The second-order valence-corrected chi connectivity index (χ2v) is 7.74. The van der Waals surface area contributed by atoms with E-state index in [-0.39, 0.29) is 11.3 Å². The number of rotatable bonds is 2. The van der Waals surface area contributed by atoms with Crippen molar-refractivity contribution in [2.75, 3.05) is 5.32 Å². The van der Waals surface area contributed by atoms with Gasteiger partial charge in [-0.05, 0) is 41.7 Å². The highest BCUT2D eigenvalue weighted by Gasteiger charge is 2.42. The van der Waals surface area contributed by atoms with E-state index in [0.717, 1.165) is 5.56 Å². The maximum absolute atomic E-state index is 12.7. The van der Waals surface area contributed by atoms with Gasteiger partial charge < -0.3 is 10.1 Å². The maximum atomic E-state index is 12.7. The molecule has 0 aliphatic carbocycles. The number of hydrogen-bond donors (Lipinski definition) is 1. The minimum absolute atomic E-state index is 0.0527. The first-order chi connectivity index (χ1) is 11.7. The third-order valence-corrected chi connectivity index (χ3v) is 4.57. The number of ether oxygens (including phenoxy) is 1. The highest BCUT2D eigenvalue weighted by atomic mass is 16.6. The van der Waals surface area contributed by atoms with Crippen molar-refractivity contribution in [3.63, 3.8) is 0 Å². The average Bonchev–Trinajstić information content (AvgIpc) is 2.54.